The molecule has 0 aromatic carbocycles. The van der Waals surface area contributed by atoms with E-state index in [1.807, 2.05) is 13.2 Å². The second-order valence-electron chi connectivity index (χ2n) is 2.79. The Labute approximate surface area is 77.6 Å². The van der Waals surface area contributed by atoms with Crippen molar-refractivity contribution < 1.29 is 0 Å². The van der Waals surface area contributed by atoms with Crippen LogP contribution in [0, 0.1) is 0 Å². The van der Waals surface area contributed by atoms with Gasteiger partial charge in [0.1, 0.15) is 0 Å². The molecule has 0 amide bonds. The third kappa shape index (κ3) is 3.14. The molecular weight excluding hydrogens is 166 g/mol. The Morgan fingerprint density at radius 1 is 1.77 bits per heavy atom. The molecule has 0 aliphatic carbocycles. The lowest BCUT2D eigenvalue weighted by Gasteiger charge is -2.00. The monoisotopic (exact) mass is 181 g/mol. The lowest BCUT2D eigenvalue weighted by Crippen LogP contribution is -2.22. The van der Waals surface area contributed by atoms with Gasteiger partial charge in [0.05, 0.1) is 11.9 Å². The maximum atomic E-state index is 5.60. The second-order valence-corrected chi connectivity index (χ2v) is 2.79. The van der Waals surface area contributed by atoms with E-state index in [0.717, 1.165) is 18.7 Å². The summed E-state index contributed by atoms with van der Waals surface area (Å²) in [4.78, 5) is 4.09. The minimum absolute atomic E-state index is 0.440. The summed E-state index contributed by atoms with van der Waals surface area (Å²) in [7, 11) is 1.85. The minimum atomic E-state index is 0.440. The Kier molecular flexibility index (Phi) is 3.31. The Bertz CT molecular complexity index is 288. The van der Waals surface area contributed by atoms with Crippen LogP contribution in [0.3, 0.4) is 0 Å². The molecule has 0 aliphatic rings. The molecule has 72 valence electrons. The standard InChI is InChI=1S/C8H15N5/c1-3-4-10-8(9)12-7-5-11-13(2)6-7/h5-6H,3-4H2,1-2H3,(H3,9,10,12). The maximum Gasteiger partial charge on any atom is 0.193 e. The largest absolute Gasteiger partial charge is 0.370 e. The highest BCUT2D eigenvalue weighted by Crippen LogP contribution is 2.01. The van der Waals surface area contributed by atoms with Gasteiger partial charge in [-0.05, 0) is 6.42 Å². The molecule has 3 N–H and O–H groups in total. The first kappa shape index (κ1) is 9.57. The molecule has 5 nitrogen and oxygen atoms in total. The zero-order valence-corrected chi connectivity index (χ0v) is 7.99. The zero-order valence-electron chi connectivity index (χ0n) is 7.99. The zero-order chi connectivity index (χ0) is 9.68. The predicted octanol–water partition coefficient (Wildman–Crippen LogP) is 0.557. The molecule has 0 fully saturated rings. The first-order valence-corrected chi connectivity index (χ1v) is 4.28. The summed E-state index contributed by atoms with van der Waals surface area (Å²) in [6, 6.07) is 0. The number of hydrogen-bond donors (Lipinski definition) is 2. The van der Waals surface area contributed by atoms with E-state index in [-0.39, 0.29) is 0 Å². The van der Waals surface area contributed by atoms with Crippen LogP contribution in [0.25, 0.3) is 0 Å². The summed E-state index contributed by atoms with van der Waals surface area (Å²) in [6.45, 7) is 2.81. The van der Waals surface area contributed by atoms with Crippen LogP contribution in [0.2, 0.25) is 0 Å². The number of anilines is 1. The second kappa shape index (κ2) is 4.49. The molecule has 0 atom stereocenters. The van der Waals surface area contributed by atoms with Gasteiger partial charge in [-0.15, -0.1) is 0 Å². The fourth-order valence-electron chi connectivity index (χ4n) is 0.905. The average Bonchev–Trinajstić information content (AvgIpc) is 2.48. The van der Waals surface area contributed by atoms with E-state index in [1.54, 1.807) is 10.9 Å². The summed E-state index contributed by atoms with van der Waals surface area (Å²) < 4.78 is 1.70. The summed E-state index contributed by atoms with van der Waals surface area (Å²) in [6.07, 6.45) is 4.54. The number of hydrogen-bond acceptors (Lipinski definition) is 2. The van der Waals surface area contributed by atoms with E-state index in [1.165, 1.54) is 0 Å². The minimum Gasteiger partial charge on any atom is -0.370 e. The Balaban J connectivity index is 2.49. The molecule has 13 heavy (non-hydrogen) atoms. The lowest BCUT2D eigenvalue weighted by molar-refractivity contribution is 0.768. The van der Waals surface area contributed by atoms with Crippen LogP contribution in [0.15, 0.2) is 17.4 Å². The van der Waals surface area contributed by atoms with Gasteiger partial charge in [0.15, 0.2) is 5.96 Å². The van der Waals surface area contributed by atoms with Crippen molar-refractivity contribution in [3.05, 3.63) is 12.4 Å². The van der Waals surface area contributed by atoms with Crippen molar-refractivity contribution in [3.8, 4) is 0 Å². The number of guanidine groups is 1. The van der Waals surface area contributed by atoms with E-state index in [4.69, 9.17) is 5.73 Å². The molecule has 1 aromatic rings. The van der Waals surface area contributed by atoms with E-state index < -0.39 is 0 Å². The van der Waals surface area contributed by atoms with Crippen molar-refractivity contribution in [3.63, 3.8) is 0 Å². The average molecular weight is 181 g/mol. The van der Waals surface area contributed by atoms with Crippen molar-refractivity contribution >= 4 is 11.6 Å². The maximum absolute atomic E-state index is 5.60. The molecule has 1 aromatic heterocycles. The van der Waals surface area contributed by atoms with Crippen molar-refractivity contribution in [1.82, 2.24) is 9.78 Å². The van der Waals surface area contributed by atoms with Crippen LogP contribution in [0.1, 0.15) is 13.3 Å². The van der Waals surface area contributed by atoms with Gasteiger partial charge in [-0.3, -0.25) is 9.67 Å². The van der Waals surface area contributed by atoms with Gasteiger partial charge < -0.3 is 11.1 Å². The molecule has 0 unspecified atom stereocenters. The van der Waals surface area contributed by atoms with Crippen LogP contribution >= 0.6 is 0 Å². The number of aliphatic imine (C=N–C) groups is 1. The summed E-state index contributed by atoms with van der Waals surface area (Å²) >= 11 is 0. The Morgan fingerprint density at radius 2 is 2.54 bits per heavy atom. The SMILES string of the molecule is CCCN=C(N)Nc1cnn(C)c1. The van der Waals surface area contributed by atoms with E-state index >= 15 is 0 Å². The molecule has 0 bridgehead atoms. The summed E-state index contributed by atoms with van der Waals surface area (Å²) in [5.41, 5.74) is 6.46. The lowest BCUT2D eigenvalue weighted by atomic mass is 10.5. The van der Waals surface area contributed by atoms with Crippen molar-refractivity contribution in [2.45, 2.75) is 13.3 Å². The Morgan fingerprint density at radius 3 is 3.08 bits per heavy atom. The smallest absolute Gasteiger partial charge is 0.193 e. The van der Waals surface area contributed by atoms with E-state index in [2.05, 4.69) is 22.3 Å². The van der Waals surface area contributed by atoms with Crippen LogP contribution in [-0.2, 0) is 7.05 Å². The molecule has 1 rings (SSSR count). The molecule has 0 saturated heterocycles. The fourth-order valence-corrected chi connectivity index (χ4v) is 0.905. The Hall–Kier alpha value is -1.52. The van der Waals surface area contributed by atoms with Crippen molar-refractivity contribution in [2.24, 2.45) is 17.8 Å². The summed E-state index contributed by atoms with van der Waals surface area (Å²) in [5.74, 6) is 0.440. The van der Waals surface area contributed by atoms with Crippen LogP contribution < -0.4 is 11.1 Å². The quantitative estimate of drug-likeness (QED) is 0.528. The number of aromatic nitrogens is 2. The van der Waals surface area contributed by atoms with Gasteiger partial charge in [-0.2, -0.15) is 5.10 Å². The van der Waals surface area contributed by atoms with Crippen molar-refractivity contribution in [1.29, 1.82) is 0 Å². The first-order valence-electron chi connectivity index (χ1n) is 4.28. The predicted molar refractivity (Wildman–Crippen MR) is 53.6 cm³/mol. The molecule has 0 saturated carbocycles. The van der Waals surface area contributed by atoms with Gasteiger partial charge in [0.25, 0.3) is 0 Å². The number of nitrogens with two attached hydrogens (primary N) is 1. The summed E-state index contributed by atoms with van der Waals surface area (Å²) in [5, 5.41) is 6.94. The molecule has 1 heterocycles. The topological polar surface area (TPSA) is 68.2 Å². The number of nitrogens with zero attached hydrogens (tertiary/aromatic N) is 3. The highest BCUT2D eigenvalue weighted by atomic mass is 15.3. The number of nitrogens with one attached hydrogen (secondary N) is 1. The normalized spacial score (nSPS) is 11.7. The number of rotatable bonds is 3. The third-order valence-corrected chi connectivity index (χ3v) is 1.48. The van der Waals surface area contributed by atoms with Crippen molar-refractivity contribution in [2.75, 3.05) is 11.9 Å². The third-order valence-electron chi connectivity index (χ3n) is 1.48. The molecule has 0 aliphatic heterocycles. The molecule has 0 radical (unpaired) electrons. The van der Waals surface area contributed by atoms with Crippen LogP contribution in [0.4, 0.5) is 5.69 Å². The van der Waals surface area contributed by atoms with Gasteiger partial charge in [-0.1, -0.05) is 6.92 Å². The molecular formula is C8H15N5. The molecule has 0 spiro atoms. The number of aryl methyl sites for hydroxylation is 1. The van der Waals surface area contributed by atoms with E-state index in [0.29, 0.717) is 5.96 Å². The highest BCUT2D eigenvalue weighted by molar-refractivity contribution is 5.91. The van der Waals surface area contributed by atoms with Crippen LogP contribution in [-0.4, -0.2) is 22.3 Å². The van der Waals surface area contributed by atoms with Gasteiger partial charge >= 0.3 is 0 Å². The highest BCUT2D eigenvalue weighted by Gasteiger charge is 1.95. The van der Waals surface area contributed by atoms with Crippen LogP contribution in [0.5, 0.6) is 0 Å². The van der Waals surface area contributed by atoms with Gasteiger partial charge in [-0.25, -0.2) is 0 Å². The first-order chi connectivity index (χ1) is 6.22. The van der Waals surface area contributed by atoms with E-state index in [9.17, 15) is 0 Å². The van der Waals surface area contributed by atoms with Gasteiger partial charge in [0, 0.05) is 19.8 Å². The fraction of sp³-hybridized carbons (Fsp3) is 0.500. The molecule has 5 heteroatoms. The van der Waals surface area contributed by atoms with Gasteiger partial charge in [0.2, 0.25) is 0 Å².